The Hall–Kier alpha value is -3.74. The van der Waals surface area contributed by atoms with Crippen molar-refractivity contribution in [2.75, 3.05) is 20.8 Å². The monoisotopic (exact) mass is 434 g/mol. The number of nitrogens with zero attached hydrogens (tertiary/aromatic N) is 4. The molecule has 1 aliphatic rings. The van der Waals surface area contributed by atoms with Gasteiger partial charge in [-0.25, -0.2) is 4.68 Å². The molecule has 0 aliphatic carbocycles. The van der Waals surface area contributed by atoms with Gasteiger partial charge >= 0.3 is 0 Å². The Morgan fingerprint density at radius 3 is 2.12 bits per heavy atom. The van der Waals surface area contributed by atoms with E-state index in [0.717, 1.165) is 40.9 Å². The second-order valence-corrected chi connectivity index (χ2v) is 7.66. The summed E-state index contributed by atoms with van der Waals surface area (Å²) in [5, 5.41) is 8.36. The smallest absolute Gasteiger partial charge is 0.186 e. The number of ether oxygens (including phenoxy) is 3. The second kappa shape index (κ2) is 10.5. The highest BCUT2D eigenvalue weighted by atomic mass is 16.5. The van der Waals surface area contributed by atoms with Crippen molar-refractivity contribution in [1.82, 2.24) is 19.9 Å². The van der Waals surface area contributed by atoms with Gasteiger partial charge in [0.15, 0.2) is 5.88 Å². The molecule has 4 rings (SSSR count). The Morgan fingerprint density at radius 1 is 1.03 bits per heavy atom. The van der Waals surface area contributed by atoms with Crippen LogP contribution in [0.4, 0.5) is 0 Å². The maximum atomic E-state index is 5.36. The Kier molecular flexibility index (Phi) is 7.54. The summed E-state index contributed by atoms with van der Waals surface area (Å²) in [6, 6.07) is 15.4. The molecule has 0 amide bonds. The quantitative estimate of drug-likeness (QED) is 0.560. The van der Waals surface area contributed by atoms with Crippen LogP contribution in [0.3, 0.4) is 0 Å². The van der Waals surface area contributed by atoms with Crippen molar-refractivity contribution in [3.05, 3.63) is 79.0 Å². The fourth-order valence-corrected chi connectivity index (χ4v) is 3.17. The topological polar surface area (TPSA) is 61.6 Å². The van der Waals surface area contributed by atoms with Gasteiger partial charge in [0.25, 0.3) is 0 Å². The molecule has 2 aromatic carbocycles. The molecule has 0 spiro atoms. The first-order valence-electron chi connectivity index (χ1n) is 10.4. The van der Waals surface area contributed by atoms with Crippen molar-refractivity contribution < 1.29 is 14.2 Å². The van der Waals surface area contributed by atoms with Crippen LogP contribution in [0.1, 0.15) is 20.8 Å². The minimum absolute atomic E-state index is 0.276. The van der Waals surface area contributed by atoms with Crippen LogP contribution >= 0.6 is 0 Å². The third-order valence-electron chi connectivity index (χ3n) is 4.74. The lowest BCUT2D eigenvalue weighted by Gasteiger charge is -2.10. The molecule has 1 saturated heterocycles. The van der Waals surface area contributed by atoms with Crippen LogP contribution < -0.4 is 9.47 Å². The van der Waals surface area contributed by atoms with Gasteiger partial charge in [-0.1, -0.05) is 10.8 Å². The van der Waals surface area contributed by atoms with Gasteiger partial charge in [0.05, 0.1) is 32.6 Å². The summed E-state index contributed by atoms with van der Waals surface area (Å²) >= 11 is 0. The lowest BCUT2D eigenvalue weighted by atomic mass is 10.1. The largest absolute Gasteiger partial charge is 0.497 e. The van der Waals surface area contributed by atoms with E-state index in [9.17, 15) is 0 Å². The van der Waals surface area contributed by atoms with E-state index in [1.54, 1.807) is 18.9 Å². The number of methoxy groups -OCH3 is 2. The third-order valence-corrected chi connectivity index (χ3v) is 4.74. The van der Waals surface area contributed by atoms with Crippen molar-refractivity contribution >= 4 is 0 Å². The van der Waals surface area contributed by atoms with Crippen molar-refractivity contribution in [2.24, 2.45) is 0 Å². The summed E-state index contributed by atoms with van der Waals surface area (Å²) < 4.78 is 17.4. The van der Waals surface area contributed by atoms with Crippen molar-refractivity contribution in [2.45, 2.75) is 26.9 Å². The van der Waals surface area contributed by atoms with Gasteiger partial charge in [-0.15, -0.1) is 5.10 Å². The van der Waals surface area contributed by atoms with Gasteiger partial charge in [-0.2, -0.15) is 0 Å². The van der Waals surface area contributed by atoms with Gasteiger partial charge in [0, 0.05) is 11.8 Å². The zero-order chi connectivity index (χ0) is 23.1. The molecule has 1 aromatic heterocycles. The molecule has 1 atom stereocenters. The van der Waals surface area contributed by atoms with E-state index < -0.39 is 0 Å². The van der Waals surface area contributed by atoms with E-state index in [-0.39, 0.29) is 6.10 Å². The first-order valence-corrected chi connectivity index (χ1v) is 10.4. The SMILES string of the molecule is C=C1OC(C)CN1C=C(C)C.COc1ccc(-c2cn(-c3ccc(OC)cc3)nn2)cc1. The van der Waals surface area contributed by atoms with E-state index in [2.05, 4.69) is 36.9 Å². The molecule has 0 radical (unpaired) electrons. The number of benzene rings is 2. The Labute approximate surface area is 189 Å². The molecular formula is C25H30N4O3. The predicted octanol–water partition coefficient (Wildman–Crippen LogP) is 5.05. The van der Waals surface area contributed by atoms with E-state index in [4.69, 9.17) is 14.2 Å². The minimum Gasteiger partial charge on any atom is -0.497 e. The highest BCUT2D eigenvalue weighted by Gasteiger charge is 2.20. The molecule has 3 aromatic rings. The zero-order valence-corrected chi connectivity index (χ0v) is 19.3. The van der Waals surface area contributed by atoms with Crippen molar-refractivity contribution in [1.29, 1.82) is 0 Å². The minimum atomic E-state index is 0.276. The first-order chi connectivity index (χ1) is 15.4. The van der Waals surface area contributed by atoms with Crippen LogP contribution in [0.25, 0.3) is 16.9 Å². The normalized spacial score (nSPS) is 14.8. The number of aromatic nitrogens is 3. The molecule has 7 heteroatoms. The summed E-state index contributed by atoms with van der Waals surface area (Å²) in [4.78, 5) is 2.04. The average molecular weight is 435 g/mol. The summed E-state index contributed by atoms with van der Waals surface area (Å²) in [7, 11) is 3.29. The van der Waals surface area contributed by atoms with E-state index in [1.807, 2.05) is 66.6 Å². The molecule has 32 heavy (non-hydrogen) atoms. The number of rotatable bonds is 5. The van der Waals surface area contributed by atoms with Crippen LogP contribution in [0.5, 0.6) is 11.5 Å². The van der Waals surface area contributed by atoms with E-state index in [1.165, 1.54) is 5.57 Å². The Bertz CT molecular complexity index is 990. The summed E-state index contributed by atoms with van der Waals surface area (Å²) in [5.74, 6) is 2.40. The maximum absolute atomic E-state index is 5.36. The third kappa shape index (κ3) is 5.91. The number of hydrogen-bond acceptors (Lipinski definition) is 6. The molecule has 0 bridgehead atoms. The molecule has 2 heterocycles. The van der Waals surface area contributed by atoms with E-state index in [0.29, 0.717) is 0 Å². The number of hydrogen-bond donors (Lipinski definition) is 0. The summed E-state index contributed by atoms with van der Waals surface area (Å²) in [6.45, 7) is 10.9. The van der Waals surface area contributed by atoms with Crippen LogP contribution in [-0.2, 0) is 4.74 Å². The molecule has 1 aliphatic heterocycles. The van der Waals surface area contributed by atoms with Crippen LogP contribution in [0.15, 0.2) is 79.0 Å². The van der Waals surface area contributed by atoms with Gasteiger partial charge in [-0.3, -0.25) is 0 Å². The fourth-order valence-electron chi connectivity index (χ4n) is 3.17. The first kappa shape index (κ1) is 22.9. The van der Waals surface area contributed by atoms with Crippen molar-refractivity contribution in [3.8, 4) is 28.4 Å². The van der Waals surface area contributed by atoms with Gasteiger partial charge < -0.3 is 19.1 Å². The lowest BCUT2D eigenvalue weighted by Crippen LogP contribution is -2.13. The number of allylic oxidation sites excluding steroid dienone is 1. The maximum Gasteiger partial charge on any atom is 0.186 e. The molecular weight excluding hydrogens is 404 g/mol. The zero-order valence-electron chi connectivity index (χ0n) is 19.3. The predicted molar refractivity (Wildman–Crippen MR) is 126 cm³/mol. The molecule has 0 saturated carbocycles. The standard InChI is InChI=1S/C16H15N3O2.C9H15NO/c1-20-14-7-3-12(4-8-14)16-11-19(18-17-16)13-5-9-15(21-2)10-6-13;1-7(2)5-10-6-8(3)11-9(10)4/h3-11H,1-2H3;5,8H,4,6H2,1-3H3. The van der Waals surface area contributed by atoms with Crippen LogP contribution in [0.2, 0.25) is 0 Å². The highest BCUT2D eigenvalue weighted by Crippen LogP contribution is 2.22. The molecule has 1 unspecified atom stereocenters. The van der Waals surface area contributed by atoms with Gasteiger partial charge in [-0.05, 0) is 75.9 Å². The van der Waals surface area contributed by atoms with Crippen LogP contribution in [0, 0.1) is 0 Å². The van der Waals surface area contributed by atoms with E-state index >= 15 is 0 Å². The summed E-state index contributed by atoms with van der Waals surface area (Å²) in [6.07, 6.45) is 4.23. The van der Waals surface area contributed by atoms with Crippen LogP contribution in [-0.4, -0.2) is 46.8 Å². The van der Waals surface area contributed by atoms with Gasteiger partial charge in [0.1, 0.15) is 23.3 Å². The Balaban J connectivity index is 0.000000222. The summed E-state index contributed by atoms with van der Waals surface area (Å²) in [5.41, 5.74) is 4.01. The van der Waals surface area contributed by atoms with Crippen molar-refractivity contribution in [3.63, 3.8) is 0 Å². The molecule has 0 N–H and O–H groups in total. The lowest BCUT2D eigenvalue weighted by molar-refractivity contribution is 0.180. The molecule has 168 valence electrons. The average Bonchev–Trinajstić information content (AvgIpc) is 3.40. The molecule has 1 fully saturated rings. The fraction of sp³-hybridized carbons (Fsp3) is 0.280. The molecule has 7 nitrogen and oxygen atoms in total. The second-order valence-electron chi connectivity index (χ2n) is 7.66. The Morgan fingerprint density at radius 2 is 1.62 bits per heavy atom. The highest BCUT2D eigenvalue weighted by molar-refractivity contribution is 5.59. The van der Waals surface area contributed by atoms with Gasteiger partial charge in [0.2, 0.25) is 0 Å².